The predicted molar refractivity (Wildman–Crippen MR) is 113 cm³/mol. The molecule has 1 fully saturated rings. The molecule has 1 saturated heterocycles. The van der Waals surface area contributed by atoms with E-state index in [1.807, 2.05) is 4.90 Å². The third kappa shape index (κ3) is 5.24. The van der Waals surface area contributed by atoms with E-state index >= 15 is 0 Å². The van der Waals surface area contributed by atoms with Gasteiger partial charge in [-0.25, -0.2) is 4.39 Å². The molecule has 1 aromatic carbocycles. The van der Waals surface area contributed by atoms with E-state index in [2.05, 4.69) is 5.10 Å². The van der Waals surface area contributed by atoms with Gasteiger partial charge in [-0.3, -0.25) is 19.2 Å². The lowest BCUT2D eigenvalue weighted by Gasteiger charge is -2.33. The molecule has 0 bridgehead atoms. The van der Waals surface area contributed by atoms with Gasteiger partial charge in [-0.1, -0.05) is 12.1 Å². The molecule has 1 amide bonds. The number of nitrogens with zero attached hydrogens (tertiary/aromatic N) is 4. The molecule has 0 N–H and O–H groups in total. The van der Waals surface area contributed by atoms with Crippen LogP contribution in [-0.4, -0.2) is 64.7 Å². The Labute approximate surface area is 194 Å². The minimum atomic E-state index is -4.60. The number of fused-ring (bicyclic) bond motifs is 1. The van der Waals surface area contributed by atoms with E-state index < -0.39 is 17.7 Å². The van der Waals surface area contributed by atoms with Gasteiger partial charge in [0.1, 0.15) is 5.82 Å². The maximum atomic E-state index is 13.6. The third-order valence-electron chi connectivity index (χ3n) is 6.49. The molecular weight excluding hydrogens is 456 g/mol. The summed E-state index contributed by atoms with van der Waals surface area (Å²) in [4.78, 5) is 28.2. The number of hydrogen-bond acceptors (Lipinski definition) is 5. The maximum absolute atomic E-state index is 13.6. The fourth-order valence-electron chi connectivity index (χ4n) is 4.60. The molecule has 3 heterocycles. The lowest BCUT2D eigenvalue weighted by Crippen LogP contribution is -2.46. The van der Waals surface area contributed by atoms with Gasteiger partial charge in [0.25, 0.3) is 0 Å². The average Bonchev–Trinajstić information content (AvgIpc) is 3.18. The summed E-state index contributed by atoms with van der Waals surface area (Å²) in [5.41, 5.74) is 0.136. The first-order chi connectivity index (χ1) is 16.2. The molecule has 0 spiro atoms. The lowest BCUT2D eigenvalue weighted by atomic mass is 9.97. The summed E-state index contributed by atoms with van der Waals surface area (Å²) >= 11 is 0. The second-order valence-corrected chi connectivity index (χ2v) is 8.69. The maximum Gasteiger partial charge on any atom is 0.435 e. The minimum Gasteiger partial charge on any atom is -0.469 e. The molecule has 7 nitrogen and oxygen atoms in total. The zero-order valence-corrected chi connectivity index (χ0v) is 18.8. The number of likely N-dealkylation sites (tertiary alicyclic amines) is 1. The van der Waals surface area contributed by atoms with E-state index in [-0.39, 0.29) is 56.0 Å². The lowest BCUT2D eigenvalue weighted by molar-refractivity contribution is -0.147. The highest BCUT2D eigenvalue weighted by atomic mass is 19.4. The number of methoxy groups -OCH3 is 1. The molecule has 2 aliphatic rings. The van der Waals surface area contributed by atoms with Crippen LogP contribution in [0.25, 0.3) is 0 Å². The van der Waals surface area contributed by atoms with E-state index in [1.54, 1.807) is 4.90 Å². The smallest absolute Gasteiger partial charge is 0.435 e. The number of carbonyl (C=O) groups is 2. The van der Waals surface area contributed by atoms with Crippen LogP contribution >= 0.6 is 0 Å². The molecule has 34 heavy (non-hydrogen) atoms. The first kappa shape index (κ1) is 24.2. The van der Waals surface area contributed by atoms with Gasteiger partial charge in [0.15, 0.2) is 5.69 Å². The Balaban J connectivity index is 1.47. The number of hydrogen-bond donors (Lipinski definition) is 0. The topological polar surface area (TPSA) is 67.7 Å². The molecule has 2 aromatic rings. The van der Waals surface area contributed by atoms with Crippen molar-refractivity contribution in [3.05, 3.63) is 52.6 Å². The second kappa shape index (κ2) is 9.73. The van der Waals surface area contributed by atoms with Crippen LogP contribution < -0.4 is 0 Å². The third-order valence-corrected chi connectivity index (χ3v) is 6.49. The highest BCUT2D eigenvalue weighted by Crippen LogP contribution is 2.35. The van der Waals surface area contributed by atoms with E-state index in [1.165, 1.54) is 36.1 Å². The number of amides is 1. The number of carbonyl (C=O) groups excluding carboxylic acids is 2. The number of benzene rings is 1. The van der Waals surface area contributed by atoms with Crippen molar-refractivity contribution >= 4 is 11.9 Å². The number of aromatic nitrogens is 2. The SMILES string of the molecule is COC(=O)C1CCN(CC(=O)N2CCc3c(C(F)(F)F)nn(Cc4ccc(F)cc4)c3C2)CC1. The zero-order chi connectivity index (χ0) is 24.5. The molecule has 0 atom stereocenters. The minimum absolute atomic E-state index is 0.0249. The van der Waals surface area contributed by atoms with Crippen LogP contribution in [0, 0.1) is 11.7 Å². The number of piperidine rings is 1. The number of alkyl halides is 3. The first-order valence-electron chi connectivity index (χ1n) is 11.1. The van der Waals surface area contributed by atoms with Crippen molar-refractivity contribution in [2.24, 2.45) is 5.92 Å². The summed E-state index contributed by atoms with van der Waals surface area (Å²) in [6.45, 7) is 1.53. The predicted octanol–water partition coefficient (Wildman–Crippen LogP) is 2.86. The van der Waals surface area contributed by atoms with Crippen LogP contribution in [0.5, 0.6) is 0 Å². The summed E-state index contributed by atoms with van der Waals surface area (Å²) in [5, 5.41) is 3.83. The highest BCUT2D eigenvalue weighted by Gasteiger charge is 2.41. The largest absolute Gasteiger partial charge is 0.469 e. The quantitative estimate of drug-likeness (QED) is 0.485. The van der Waals surface area contributed by atoms with Crippen molar-refractivity contribution in [1.29, 1.82) is 0 Å². The number of rotatable bonds is 5. The summed E-state index contributed by atoms with van der Waals surface area (Å²) in [7, 11) is 1.35. The Hall–Kier alpha value is -2.95. The molecule has 1 aromatic heterocycles. The van der Waals surface area contributed by atoms with Crippen LogP contribution in [0.3, 0.4) is 0 Å². The molecular formula is C23H26F4N4O3. The highest BCUT2D eigenvalue weighted by molar-refractivity contribution is 5.78. The van der Waals surface area contributed by atoms with Crippen molar-refractivity contribution in [3.8, 4) is 0 Å². The van der Waals surface area contributed by atoms with Gasteiger partial charge in [0.2, 0.25) is 5.91 Å². The zero-order valence-electron chi connectivity index (χ0n) is 18.8. The fourth-order valence-corrected chi connectivity index (χ4v) is 4.60. The summed E-state index contributed by atoms with van der Waals surface area (Å²) in [6.07, 6.45) is -3.34. The molecule has 0 saturated carbocycles. The van der Waals surface area contributed by atoms with Crippen LogP contribution in [0.4, 0.5) is 17.6 Å². The molecule has 0 aliphatic carbocycles. The van der Waals surface area contributed by atoms with Gasteiger partial charge in [-0.15, -0.1) is 0 Å². The van der Waals surface area contributed by atoms with E-state index in [0.29, 0.717) is 37.2 Å². The van der Waals surface area contributed by atoms with Crippen LogP contribution in [0.1, 0.15) is 35.4 Å². The summed E-state index contributed by atoms with van der Waals surface area (Å²) in [5.74, 6) is -1.03. The van der Waals surface area contributed by atoms with Gasteiger partial charge in [-0.2, -0.15) is 18.3 Å². The van der Waals surface area contributed by atoms with Crippen molar-refractivity contribution < 1.29 is 31.9 Å². The number of ether oxygens (including phenoxy) is 1. The molecule has 184 valence electrons. The van der Waals surface area contributed by atoms with Crippen LogP contribution in [0.15, 0.2) is 24.3 Å². The summed E-state index contributed by atoms with van der Waals surface area (Å²) in [6, 6.07) is 5.49. The Morgan fingerprint density at radius 2 is 1.79 bits per heavy atom. The normalized spacial score (nSPS) is 17.5. The van der Waals surface area contributed by atoms with Crippen LogP contribution in [0.2, 0.25) is 0 Å². The average molecular weight is 482 g/mol. The van der Waals surface area contributed by atoms with Gasteiger partial charge in [0, 0.05) is 12.1 Å². The number of esters is 1. The van der Waals surface area contributed by atoms with Crippen molar-refractivity contribution in [1.82, 2.24) is 19.6 Å². The van der Waals surface area contributed by atoms with Crippen LogP contribution in [-0.2, 0) is 40.0 Å². The summed E-state index contributed by atoms with van der Waals surface area (Å²) < 4.78 is 60.1. The standard InChI is InChI=1S/C23H26F4N4O3/c1-34-22(33)16-6-9-29(10-7-16)14-20(32)30-11-8-18-19(13-30)31(28-21(18)23(25,26)27)12-15-2-4-17(24)5-3-15/h2-5,16H,6-14H2,1H3. The molecule has 11 heteroatoms. The molecule has 4 rings (SSSR count). The Morgan fingerprint density at radius 1 is 1.12 bits per heavy atom. The van der Waals surface area contributed by atoms with Crippen molar-refractivity contribution in [2.75, 3.05) is 33.3 Å². The van der Waals surface area contributed by atoms with E-state index in [0.717, 1.165) is 0 Å². The Bertz CT molecular complexity index is 1040. The molecule has 0 unspecified atom stereocenters. The van der Waals surface area contributed by atoms with E-state index in [4.69, 9.17) is 4.74 Å². The van der Waals surface area contributed by atoms with Gasteiger partial charge >= 0.3 is 12.1 Å². The van der Waals surface area contributed by atoms with E-state index in [9.17, 15) is 27.2 Å². The Morgan fingerprint density at radius 3 is 2.41 bits per heavy atom. The van der Waals surface area contributed by atoms with Gasteiger partial charge < -0.3 is 9.64 Å². The Kier molecular flexibility index (Phi) is 6.92. The molecule has 0 radical (unpaired) electrons. The molecule has 2 aliphatic heterocycles. The van der Waals surface area contributed by atoms with Crippen molar-refractivity contribution in [3.63, 3.8) is 0 Å². The van der Waals surface area contributed by atoms with Crippen molar-refractivity contribution in [2.45, 2.75) is 38.5 Å². The second-order valence-electron chi connectivity index (χ2n) is 8.69. The first-order valence-corrected chi connectivity index (χ1v) is 11.1. The van der Waals surface area contributed by atoms with Gasteiger partial charge in [0.05, 0.1) is 38.4 Å². The number of halogens is 4. The monoisotopic (exact) mass is 482 g/mol. The fraction of sp³-hybridized carbons (Fsp3) is 0.522. The van der Waals surface area contributed by atoms with Gasteiger partial charge in [-0.05, 0) is 50.0 Å².